The van der Waals surface area contributed by atoms with Gasteiger partial charge in [0.1, 0.15) is 5.69 Å². The molecule has 2 aromatic rings. The van der Waals surface area contributed by atoms with Crippen LogP contribution in [0.4, 0.5) is 10.1 Å². The summed E-state index contributed by atoms with van der Waals surface area (Å²) in [4.78, 5) is 6.18. The molecule has 3 heteroatoms. The van der Waals surface area contributed by atoms with Crippen molar-refractivity contribution < 1.29 is 4.39 Å². The van der Waals surface area contributed by atoms with Gasteiger partial charge in [0.25, 0.3) is 0 Å². The predicted octanol–water partition coefficient (Wildman–Crippen LogP) is 3.28. The number of rotatable bonds is 1. The summed E-state index contributed by atoms with van der Waals surface area (Å²) < 4.78 is 14.5. The van der Waals surface area contributed by atoms with E-state index in [2.05, 4.69) is 22.9 Å². The Labute approximate surface area is 124 Å². The molecule has 0 N–H and O–H groups in total. The lowest BCUT2D eigenvalue weighted by atomic mass is 9.95. The maximum absolute atomic E-state index is 14.5. The van der Waals surface area contributed by atoms with Gasteiger partial charge < -0.3 is 4.90 Å². The van der Waals surface area contributed by atoms with Crippen molar-refractivity contribution in [3.05, 3.63) is 59.4 Å². The Balaban J connectivity index is 1.68. The van der Waals surface area contributed by atoms with E-state index in [0.29, 0.717) is 18.8 Å². The van der Waals surface area contributed by atoms with E-state index >= 15 is 0 Å². The topological polar surface area (TPSA) is 16.1 Å². The Morgan fingerprint density at radius 1 is 1.14 bits per heavy atom. The molecular weight excluding hydrogens is 263 g/mol. The molecule has 1 aromatic heterocycles. The lowest BCUT2D eigenvalue weighted by Gasteiger charge is -2.42. The highest BCUT2D eigenvalue weighted by molar-refractivity contribution is 5.54. The van der Waals surface area contributed by atoms with Gasteiger partial charge in [0.05, 0.1) is 13.1 Å². The largest absolute Gasteiger partial charge is 0.363 e. The van der Waals surface area contributed by atoms with Crippen molar-refractivity contribution in [1.29, 1.82) is 0 Å². The van der Waals surface area contributed by atoms with E-state index in [1.54, 1.807) is 6.20 Å². The monoisotopic (exact) mass is 280 g/mol. The lowest BCUT2D eigenvalue weighted by molar-refractivity contribution is 0.192. The third-order valence-corrected chi connectivity index (χ3v) is 3.58. The van der Waals surface area contributed by atoms with Crippen LogP contribution in [0.1, 0.15) is 16.8 Å². The first-order chi connectivity index (χ1) is 10.0. The highest BCUT2D eigenvalue weighted by atomic mass is 19.1. The Bertz CT molecular complexity index is 704. The van der Waals surface area contributed by atoms with Crippen LogP contribution < -0.4 is 4.90 Å². The molecule has 0 atom stereocenters. The third-order valence-electron chi connectivity index (χ3n) is 3.58. The molecule has 1 aromatic carbocycles. The number of benzene rings is 1. The normalized spacial score (nSPS) is 15.9. The minimum Gasteiger partial charge on any atom is -0.363 e. The number of aryl methyl sites for hydroxylation is 2. The van der Waals surface area contributed by atoms with Gasteiger partial charge in [-0.1, -0.05) is 24.1 Å². The molecule has 2 nitrogen and oxygen atoms in total. The van der Waals surface area contributed by atoms with E-state index in [0.717, 1.165) is 11.3 Å². The Morgan fingerprint density at radius 3 is 2.62 bits per heavy atom. The average molecular weight is 280 g/mol. The Kier molecular flexibility index (Phi) is 3.39. The summed E-state index contributed by atoms with van der Waals surface area (Å²) in [6.07, 6.45) is 1.74. The second-order valence-corrected chi connectivity index (χ2v) is 5.63. The van der Waals surface area contributed by atoms with Gasteiger partial charge in [-0.25, -0.2) is 9.37 Å². The lowest BCUT2D eigenvalue weighted by Crippen LogP contribution is -2.58. The minimum atomic E-state index is -1.43. The quantitative estimate of drug-likeness (QED) is 0.745. The smallest absolute Gasteiger partial charge is 0.205 e. The van der Waals surface area contributed by atoms with Crippen LogP contribution in [-0.4, -0.2) is 23.7 Å². The molecule has 1 aliphatic rings. The van der Waals surface area contributed by atoms with Crippen LogP contribution >= 0.6 is 0 Å². The standard InChI is InChI=1S/C18H17FN2/c1-14-4-3-5-17(10-14)21-12-18(19,13-21)9-8-16-7-6-15(2)11-20-16/h3-7,10-11H,12-13H2,1-2H3. The number of hydrogen-bond donors (Lipinski definition) is 0. The second kappa shape index (κ2) is 5.21. The van der Waals surface area contributed by atoms with Crippen molar-refractivity contribution in [3.63, 3.8) is 0 Å². The summed E-state index contributed by atoms with van der Waals surface area (Å²) in [6, 6.07) is 11.8. The first kappa shape index (κ1) is 13.6. The third kappa shape index (κ3) is 3.05. The number of pyridine rings is 1. The zero-order valence-corrected chi connectivity index (χ0v) is 12.2. The van der Waals surface area contributed by atoms with Crippen LogP contribution in [0.5, 0.6) is 0 Å². The molecule has 0 saturated carbocycles. The highest BCUT2D eigenvalue weighted by Crippen LogP contribution is 2.30. The highest BCUT2D eigenvalue weighted by Gasteiger charge is 2.42. The van der Waals surface area contributed by atoms with Gasteiger partial charge in [-0.3, -0.25) is 0 Å². The van der Waals surface area contributed by atoms with E-state index in [1.165, 1.54) is 5.56 Å². The maximum atomic E-state index is 14.5. The minimum absolute atomic E-state index is 0.315. The molecule has 1 aliphatic heterocycles. The van der Waals surface area contributed by atoms with E-state index in [4.69, 9.17) is 0 Å². The van der Waals surface area contributed by atoms with Gasteiger partial charge in [0.15, 0.2) is 0 Å². The summed E-state index contributed by atoms with van der Waals surface area (Å²) in [6.45, 7) is 4.63. The molecule has 0 unspecified atom stereocenters. The molecule has 21 heavy (non-hydrogen) atoms. The number of nitrogens with zero attached hydrogens (tertiary/aromatic N) is 2. The molecular formula is C18H17FN2. The van der Waals surface area contributed by atoms with Crippen molar-refractivity contribution in [2.75, 3.05) is 18.0 Å². The van der Waals surface area contributed by atoms with Gasteiger partial charge in [-0.05, 0) is 49.1 Å². The van der Waals surface area contributed by atoms with E-state index in [9.17, 15) is 4.39 Å². The zero-order valence-electron chi connectivity index (χ0n) is 12.2. The van der Waals surface area contributed by atoms with Crippen LogP contribution in [0.3, 0.4) is 0 Å². The molecule has 1 saturated heterocycles. The fourth-order valence-electron chi connectivity index (χ4n) is 2.36. The molecule has 0 bridgehead atoms. The molecule has 1 fully saturated rings. The summed E-state index contributed by atoms with van der Waals surface area (Å²) in [5.74, 6) is 5.56. The van der Waals surface area contributed by atoms with Crippen LogP contribution in [0.15, 0.2) is 42.6 Å². The molecule has 0 spiro atoms. The number of anilines is 1. The summed E-state index contributed by atoms with van der Waals surface area (Å²) in [5, 5.41) is 0. The number of aromatic nitrogens is 1. The first-order valence-corrected chi connectivity index (χ1v) is 7.00. The van der Waals surface area contributed by atoms with Crippen LogP contribution in [0.2, 0.25) is 0 Å². The summed E-state index contributed by atoms with van der Waals surface area (Å²) in [5.41, 5.74) is 2.49. The van der Waals surface area contributed by atoms with Crippen LogP contribution in [0.25, 0.3) is 0 Å². The van der Waals surface area contributed by atoms with Gasteiger partial charge in [-0.15, -0.1) is 0 Å². The Hall–Kier alpha value is -2.34. The number of halogens is 1. The summed E-state index contributed by atoms with van der Waals surface area (Å²) >= 11 is 0. The molecule has 0 amide bonds. The second-order valence-electron chi connectivity index (χ2n) is 5.63. The van der Waals surface area contributed by atoms with Crippen molar-refractivity contribution in [2.45, 2.75) is 19.5 Å². The fraction of sp³-hybridized carbons (Fsp3) is 0.278. The van der Waals surface area contributed by atoms with Crippen molar-refractivity contribution in [2.24, 2.45) is 0 Å². The van der Waals surface area contributed by atoms with Gasteiger partial charge in [0.2, 0.25) is 5.67 Å². The van der Waals surface area contributed by atoms with E-state index in [-0.39, 0.29) is 0 Å². The zero-order chi connectivity index (χ0) is 14.9. The van der Waals surface area contributed by atoms with Crippen LogP contribution in [-0.2, 0) is 0 Å². The van der Waals surface area contributed by atoms with Gasteiger partial charge in [-0.2, -0.15) is 0 Å². The van der Waals surface area contributed by atoms with Crippen LogP contribution in [0, 0.1) is 25.7 Å². The van der Waals surface area contributed by atoms with Gasteiger partial charge in [0, 0.05) is 11.9 Å². The molecule has 0 radical (unpaired) electrons. The van der Waals surface area contributed by atoms with Crippen molar-refractivity contribution in [1.82, 2.24) is 4.98 Å². The number of alkyl halides is 1. The molecule has 3 rings (SSSR count). The molecule has 0 aliphatic carbocycles. The van der Waals surface area contributed by atoms with Gasteiger partial charge >= 0.3 is 0 Å². The van der Waals surface area contributed by atoms with Crippen molar-refractivity contribution >= 4 is 5.69 Å². The first-order valence-electron chi connectivity index (χ1n) is 7.00. The maximum Gasteiger partial charge on any atom is 0.205 e. The van der Waals surface area contributed by atoms with Crippen molar-refractivity contribution in [3.8, 4) is 11.8 Å². The predicted molar refractivity (Wildman–Crippen MR) is 83.1 cm³/mol. The average Bonchev–Trinajstić information content (AvgIpc) is 2.44. The Morgan fingerprint density at radius 2 is 1.95 bits per heavy atom. The van der Waals surface area contributed by atoms with E-state index < -0.39 is 5.67 Å². The molecule has 2 heterocycles. The van der Waals surface area contributed by atoms with E-state index in [1.807, 2.05) is 49.1 Å². The fourth-order valence-corrected chi connectivity index (χ4v) is 2.36. The summed E-state index contributed by atoms with van der Waals surface area (Å²) in [7, 11) is 0. The number of hydrogen-bond acceptors (Lipinski definition) is 2. The molecule has 106 valence electrons. The SMILES string of the molecule is Cc1ccc(C#CC2(F)CN(c3cccc(C)c3)C2)nc1.